The molecule has 0 aromatic heterocycles. The van der Waals surface area contributed by atoms with Gasteiger partial charge in [0.2, 0.25) is 5.91 Å². The maximum atomic E-state index is 13.1. The quantitative estimate of drug-likeness (QED) is 0.798. The molecule has 0 bridgehead atoms. The minimum atomic E-state index is -0.375. The third-order valence-electron chi connectivity index (χ3n) is 3.75. The molecular weight excluding hydrogens is 323 g/mol. The summed E-state index contributed by atoms with van der Waals surface area (Å²) < 4.78 is 23.6. The van der Waals surface area contributed by atoms with Gasteiger partial charge in [0.15, 0.2) is 11.5 Å². The van der Waals surface area contributed by atoms with Crippen molar-refractivity contribution in [3.8, 4) is 11.5 Å². The van der Waals surface area contributed by atoms with Gasteiger partial charge in [0.1, 0.15) is 5.82 Å². The molecule has 0 atom stereocenters. The van der Waals surface area contributed by atoms with E-state index in [4.69, 9.17) is 9.47 Å². The van der Waals surface area contributed by atoms with Crippen molar-refractivity contribution in [2.75, 3.05) is 39.7 Å². The summed E-state index contributed by atoms with van der Waals surface area (Å²) >= 11 is 0. The molecule has 0 saturated heterocycles. The zero-order valence-electron chi connectivity index (χ0n) is 14.7. The van der Waals surface area contributed by atoms with Gasteiger partial charge in [0.25, 0.3) is 0 Å². The smallest absolute Gasteiger partial charge is 0.238 e. The number of hydrogen-bond donors (Lipinski definition) is 1. The molecule has 1 amide bonds. The van der Waals surface area contributed by atoms with Crippen LogP contribution in [-0.4, -0.2) is 45.2 Å². The first-order valence-electron chi connectivity index (χ1n) is 7.96. The molecule has 0 saturated carbocycles. The molecule has 0 aliphatic heterocycles. The number of carbonyl (C=O) groups excluding carboxylic acids is 1. The zero-order chi connectivity index (χ0) is 18.2. The number of benzene rings is 2. The normalized spacial score (nSPS) is 10.6. The number of nitrogens with zero attached hydrogens (tertiary/aromatic N) is 1. The summed E-state index contributed by atoms with van der Waals surface area (Å²) in [5, 5.41) is 2.69. The number of methoxy groups -OCH3 is 2. The molecular formula is C19H23FN2O3. The van der Waals surface area contributed by atoms with Crippen LogP contribution in [0.25, 0.3) is 0 Å². The summed E-state index contributed by atoms with van der Waals surface area (Å²) in [5.41, 5.74) is 1.55. The highest BCUT2D eigenvalue weighted by molar-refractivity contribution is 5.92. The molecule has 0 heterocycles. The summed E-state index contributed by atoms with van der Waals surface area (Å²) in [4.78, 5) is 13.9. The Hall–Kier alpha value is -2.60. The van der Waals surface area contributed by atoms with Crippen molar-refractivity contribution >= 4 is 11.6 Å². The number of ether oxygens (including phenoxy) is 2. The molecule has 0 fully saturated rings. The summed E-state index contributed by atoms with van der Waals surface area (Å²) in [7, 11) is 5.07. The molecule has 0 aliphatic carbocycles. The number of carbonyl (C=O) groups is 1. The van der Waals surface area contributed by atoms with Crippen molar-refractivity contribution in [3.05, 3.63) is 53.8 Å². The van der Waals surface area contributed by atoms with Crippen molar-refractivity contribution in [1.29, 1.82) is 0 Å². The van der Waals surface area contributed by atoms with E-state index >= 15 is 0 Å². The monoisotopic (exact) mass is 346 g/mol. The van der Waals surface area contributed by atoms with E-state index in [1.165, 1.54) is 12.1 Å². The first-order chi connectivity index (χ1) is 12.0. The fourth-order valence-electron chi connectivity index (χ4n) is 2.45. The first kappa shape index (κ1) is 18.7. The van der Waals surface area contributed by atoms with Crippen LogP contribution in [-0.2, 0) is 11.2 Å². The molecule has 0 spiro atoms. The van der Waals surface area contributed by atoms with E-state index in [-0.39, 0.29) is 18.3 Å². The molecule has 134 valence electrons. The highest BCUT2D eigenvalue weighted by Gasteiger charge is 2.09. The van der Waals surface area contributed by atoms with Crippen molar-refractivity contribution in [2.24, 2.45) is 0 Å². The lowest BCUT2D eigenvalue weighted by molar-refractivity contribution is -0.117. The zero-order valence-corrected chi connectivity index (χ0v) is 14.7. The van der Waals surface area contributed by atoms with Gasteiger partial charge in [-0.25, -0.2) is 4.39 Å². The second-order valence-electron chi connectivity index (χ2n) is 5.74. The lowest BCUT2D eigenvalue weighted by Gasteiger charge is -2.17. The molecule has 1 N–H and O–H groups in total. The summed E-state index contributed by atoms with van der Waals surface area (Å²) in [6, 6.07) is 11.6. The molecule has 6 heteroatoms. The fourth-order valence-corrected chi connectivity index (χ4v) is 2.45. The van der Waals surface area contributed by atoms with Crippen molar-refractivity contribution in [1.82, 2.24) is 4.90 Å². The van der Waals surface area contributed by atoms with Crippen LogP contribution in [0.3, 0.4) is 0 Å². The van der Waals surface area contributed by atoms with Crippen molar-refractivity contribution < 1.29 is 18.7 Å². The maximum Gasteiger partial charge on any atom is 0.238 e. The summed E-state index contributed by atoms with van der Waals surface area (Å²) in [5.74, 6) is 0.820. The van der Waals surface area contributed by atoms with Crippen LogP contribution in [0.4, 0.5) is 10.1 Å². The molecule has 2 rings (SSSR count). The molecule has 0 aliphatic rings. The topological polar surface area (TPSA) is 50.8 Å². The summed E-state index contributed by atoms with van der Waals surface area (Å²) in [6.07, 6.45) is 0.768. The average Bonchev–Trinajstić information content (AvgIpc) is 2.59. The highest BCUT2D eigenvalue weighted by atomic mass is 19.1. The van der Waals surface area contributed by atoms with E-state index in [2.05, 4.69) is 5.32 Å². The minimum absolute atomic E-state index is 0.180. The standard InChI is InChI=1S/C19H23FN2O3/c1-22(13-19(23)21-16-6-4-5-15(20)12-16)10-9-14-7-8-17(24-2)18(11-14)25-3/h4-8,11-12H,9-10,13H2,1-3H3,(H,21,23). The lowest BCUT2D eigenvalue weighted by atomic mass is 10.1. The van der Waals surface area contributed by atoms with Crippen molar-refractivity contribution in [3.63, 3.8) is 0 Å². The molecule has 5 nitrogen and oxygen atoms in total. The number of nitrogens with one attached hydrogen (secondary N) is 1. The van der Waals surface area contributed by atoms with Gasteiger partial charge in [-0.15, -0.1) is 0 Å². The Morgan fingerprint density at radius 3 is 2.56 bits per heavy atom. The van der Waals surface area contributed by atoms with Gasteiger partial charge in [-0.1, -0.05) is 12.1 Å². The number of amides is 1. The predicted octanol–water partition coefficient (Wildman–Crippen LogP) is 2.96. The Morgan fingerprint density at radius 1 is 1.12 bits per heavy atom. The minimum Gasteiger partial charge on any atom is -0.493 e. The van der Waals surface area contributed by atoms with Crippen molar-refractivity contribution in [2.45, 2.75) is 6.42 Å². The van der Waals surface area contributed by atoms with Crippen LogP contribution in [0, 0.1) is 5.82 Å². The number of anilines is 1. The van der Waals surface area contributed by atoms with Gasteiger partial charge in [0.05, 0.1) is 20.8 Å². The van der Waals surface area contributed by atoms with E-state index in [9.17, 15) is 9.18 Å². The molecule has 2 aromatic carbocycles. The van der Waals surface area contributed by atoms with Crippen LogP contribution < -0.4 is 14.8 Å². The summed E-state index contributed by atoms with van der Waals surface area (Å²) in [6.45, 7) is 0.926. The van der Waals surface area contributed by atoms with E-state index in [0.717, 1.165) is 12.0 Å². The number of rotatable bonds is 8. The van der Waals surface area contributed by atoms with Gasteiger partial charge in [-0.3, -0.25) is 9.69 Å². The van der Waals surface area contributed by atoms with Gasteiger partial charge >= 0.3 is 0 Å². The van der Waals surface area contributed by atoms with Crippen LogP contribution in [0.15, 0.2) is 42.5 Å². The molecule has 0 unspecified atom stereocenters. The van der Waals surface area contributed by atoms with E-state index < -0.39 is 0 Å². The van der Waals surface area contributed by atoms with Gasteiger partial charge in [-0.2, -0.15) is 0 Å². The Labute approximate surface area is 147 Å². The Bertz CT molecular complexity index is 722. The number of halogens is 1. The molecule has 0 radical (unpaired) electrons. The molecule has 25 heavy (non-hydrogen) atoms. The van der Waals surface area contributed by atoms with Gasteiger partial charge in [-0.05, 0) is 49.4 Å². The first-order valence-corrected chi connectivity index (χ1v) is 7.96. The van der Waals surface area contributed by atoms with E-state index in [1.807, 2.05) is 30.1 Å². The maximum absolute atomic E-state index is 13.1. The van der Waals surface area contributed by atoms with Crippen LogP contribution in [0.1, 0.15) is 5.56 Å². The fraction of sp³-hybridized carbons (Fsp3) is 0.316. The lowest BCUT2D eigenvalue weighted by Crippen LogP contribution is -2.31. The largest absolute Gasteiger partial charge is 0.493 e. The Morgan fingerprint density at radius 2 is 1.88 bits per heavy atom. The Balaban J connectivity index is 1.84. The Kier molecular flexibility index (Phi) is 6.77. The van der Waals surface area contributed by atoms with Crippen LogP contribution in [0.2, 0.25) is 0 Å². The SMILES string of the molecule is COc1ccc(CCN(C)CC(=O)Nc2cccc(F)c2)cc1OC. The third-order valence-corrected chi connectivity index (χ3v) is 3.75. The van der Waals surface area contributed by atoms with Gasteiger partial charge < -0.3 is 14.8 Å². The number of hydrogen-bond acceptors (Lipinski definition) is 4. The van der Waals surface area contributed by atoms with E-state index in [1.54, 1.807) is 26.4 Å². The number of likely N-dealkylation sites (N-methyl/N-ethyl adjacent to an activating group) is 1. The van der Waals surface area contributed by atoms with Crippen LogP contribution >= 0.6 is 0 Å². The average molecular weight is 346 g/mol. The highest BCUT2D eigenvalue weighted by Crippen LogP contribution is 2.27. The van der Waals surface area contributed by atoms with E-state index in [0.29, 0.717) is 23.7 Å². The second kappa shape index (κ2) is 9.03. The molecule has 2 aromatic rings. The van der Waals surface area contributed by atoms with Crippen LogP contribution in [0.5, 0.6) is 11.5 Å². The second-order valence-corrected chi connectivity index (χ2v) is 5.74. The predicted molar refractivity (Wildman–Crippen MR) is 95.8 cm³/mol. The third kappa shape index (κ3) is 5.76. The van der Waals surface area contributed by atoms with Gasteiger partial charge in [0, 0.05) is 12.2 Å².